The van der Waals surface area contributed by atoms with Gasteiger partial charge in [-0.3, -0.25) is 0 Å². The minimum absolute atomic E-state index is 0.129. The van der Waals surface area contributed by atoms with Gasteiger partial charge in [0.25, 0.3) is 0 Å². The van der Waals surface area contributed by atoms with Gasteiger partial charge in [0.15, 0.2) is 11.5 Å². The Bertz CT molecular complexity index is 689. The number of ether oxygens (including phenoxy) is 2. The molecule has 0 bridgehead atoms. The van der Waals surface area contributed by atoms with Crippen molar-refractivity contribution in [2.24, 2.45) is 0 Å². The van der Waals surface area contributed by atoms with E-state index in [0.717, 1.165) is 11.6 Å². The van der Waals surface area contributed by atoms with Gasteiger partial charge in [-0.25, -0.2) is 8.78 Å². The number of hydrogen-bond donors (Lipinski definition) is 1. The summed E-state index contributed by atoms with van der Waals surface area (Å²) in [6.07, 6.45) is 0. The molecule has 2 aromatic rings. The van der Waals surface area contributed by atoms with Gasteiger partial charge in [0.2, 0.25) is 6.79 Å². The maximum atomic E-state index is 13.7. The third kappa shape index (κ3) is 2.91. The molecule has 3 rings (SSSR count). The van der Waals surface area contributed by atoms with Crippen LogP contribution in [0.2, 0.25) is 5.02 Å². The Hall–Kier alpha value is -1.53. The third-order valence-electron chi connectivity index (χ3n) is 2.96. The number of anilines is 1. The molecule has 110 valence electrons. The first kappa shape index (κ1) is 14.4. The van der Waals surface area contributed by atoms with E-state index in [-0.39, 0.29) is 12.5 Å². The summed E-state index contributed by atoms with van der Waals surface area (Å²) in [4.78, 5) is 0. The van der Waals surface area contributed by atoms with Crippen molar-refractivity contribution in [3.05, 3.63) is 51.0 Å². The van der Waals surface area contributed by atoms with Gasteiger partial charge in [-0.15, -0.1) is 0 Å². The van der Waals surface area contributed by atoms with Crippen LogP contribution in [-0.4, -0.2) is 6.79 Å². The minimum Gasteiger partial charge on any atom is -0.454 e. The van der Waals surface area contributed by atoms with E-state index in [1.54, 1.807) is 12.1 Å². The summed E-state index contributed by atoms with van der Waals surface area (Å²) in [6, 6.07) is 5.48. The molecule has 0 saturated heterocycles. The van der Waals surface area contributed by atoms with Crippen LogP contribution in [0, 0.1) is 11.6 Å². The maximum Gasteiger partial charge on any atom is 0.231 e. The van der Waals surface area contributed by atoms with Crippen molar-refractivity contribution in [2.45, 2.75) is 6.54 Å². The Labute approximate surface area is 132 Å². The molecular weight excluding hydrogens is 368 g/mol. The second-order valence-corrected chi connectivity index (χ2v) is 5.67. The van der Waals surface area contributed by atoms with E-state index in [1.807, 2.05) is 0 Å². The van der Waals surface area contributed by atoms with Gasteiger partial charge in [0.1, 0.15) is 11.6 Å². The zero-order chi connectivity index (χ0) is 15.0. The number of halogens is 4. The fourth-order valence-electron chi connectivity index (χ4n) is 2.02. The molecule has 3 nitrogen and oxygen atoms in total. The fraction of sp³-hybridized carbons (Fsp3) is 0.143. The van der Waals surface area contributed by atoms with Gasteiger partial charge in [-0.1, -0.05) is 11.6 Å². The van der Waals surface area contributed by atoms with E-state index in [9.17, 15) is 8.78 Å². The number of fused-ring (bicyclic) bond motifs is 1. The lowest BCUT2D eigenvalue weighted by Crippen LogP contribution is -2.03. The monoisotopic (exact) mass is 375 g/mol. The normalized spacial score (nSPS) is 12.6. The zero-order valence-corrected chi connectivity index (χ0v) is 12.9. The van der Waals surface area contributed by atoms with Crippen molar-refractivity contribution in [2.75, 3.05) is 12.1 Å². The molecule has 0 amide bonds. The van der Waals surface area contributed by atoms with Crippen molar-refractivity contribution in [3.63, 3.8) is 0 Å². The molecule has 0 aliphatic carbocycles. The molecule has 7 heteroatoms. The van der Waals surface area contributed by atoms with E-state index < -0.39 is 11.6 Å². The van der Waals surface area contributed by atoms with E-state index in [1.165, 1.54) is 6.07 Å². The summed E-state index contributed by atoms with van der Waals surface area (Å²) in [6.45, 7) is 0.432. The van der Waals surface area contributed by atoms with Crippen LogP contribution in [0.15, 0.2) is 28.7 Å². The van der Waals surface area contributed by atoms with Crippen molar-refractivity contribution in [3.8, 4) is 11.5 Å². The predicted molar refractivity (Wildman–Crippen MR) is 79.0 cm³/mol. The lowest BCUT2D eigenvalue weighted by Gasteiger charge is -2.11. The lowest BCUT2D eigenvalue weighted by atomic mass is 10.2. The quantitative estimate of drug-likeness (QED) is 0.841. The summed E-state index contributed by atoms with van der Waals surface area (Å²) < 4.78 is 37.5. The van der Waals surface area contributed by atoms with Crippen LogP contribution in [0.25, 0.3) is 0 Å². The average molecular weight is 377 g/mol. The number of nitrogens with one attached hydrogen (secondary N) is 1. The first-order valence-electron chi connectivity index (χ1n) is 6.01. The van der Waals surface area contributed by atoms with E-state index in [0.29, 0.717) is 27.5 Å². The van der Waals surface area contributed by atoms with Crippen LogP contribution in [0.3, 0.4) is 0 Å². The van der Waals surface area contributed by atoms with Crippen LogP contribution < -0.4 is 14.8 Å². The Balaban J connectivity index is 1.81. The Morgan fingerprint density at radius 2 is 2.00 bits per heavy atom. The highest BCUT2D eigenvalue weighted by Crippen LogP contribution is 2.40. The van der Waals surface area contributed by atoms with Gasteiger partial charge in [-0.05, 0) is 39.7 Å². The highest BCUT2D eigenvalue weighted by atomic mass is 79.9. The molecule has 0 radical (unpaired) electrons. The molecule has 0 saturated carbocycles. The maximum absolute atomic E-state index is 13.7. The molecule has 1 aliphatic rings. The van der Waals surface area contributed by atoms with Gasteiger partial charge in [0.05, 0.1) is 10.7 Å². The zero-order valence-electron chi connectivity index (χ0n) is 10.6. The summed E-state index contributed by atoms with van der Waals surface area (Å²) >= 11 is 9.20. The van der Waals surface area contributed by atoms with Crippen LogP contribution >= 0.6 is 27.5 Å². The van der Waals surface area contributed by atoms with Crippen molar-refractivity contribution >= 4 is 33.2 Å². The summed E-state index contributed by atoms with van der Waals surface area (Å²) in [5.41, 5.74) is 0.977. The average Bonchev–Trinajstić information content (AvgIpc) is 2.86. The van der Waals surface area contributed by atoms with E-state index in [2.05, 4.69) is 21.2 Å². The van der Waals surface area contributed by atoms with Gasteiger partial charge in [-0.2, -0.15) is 0 Å². The minimum atomic E-state index is -0.672. The number of hydrogen-bond acceptors (Lipinski definition) is 3. The van der Waals surface area contributed by atoms with E-state index >= 15 is 0 Å². The number of rotatable bonds is 3. The second-order valence-electron chi connectivity index (χ2n) is 4.41. The molecule has 1 N–H and O–H groups in total. The number of benzene rings is 2. The smallest absolute Gasteiger partial charge is 0.231 e. The topological polar surface area (TPSA) is 30.5 Å². The third-order valence-corrected chi connectivity index (χ3v) is 3.87. The molecule has 2 aromatic carbocycles. The Kier molecular flexibility index (Phi) is 3.91. The largest absolute Gasteiger partial charge is 0.454 e. The molecular formula is C14H9BrClF2NO2. The highest BCUT2D eigenvalue weighted by molar-refractivity contribution is 9.10. The second kappa shape index (κ2) is 5.69. The molecule has 0 unspecified atom stereocenters. The molecule has 21 heavy (non-hydrogen) atoms. The van der Waals surface area contributed by atoms with E-state index in [4.69, 9.17) is 21.1 Å². The van der Waals surface area contributed by atoms with Gasteiger partial charge >= 0.3 is 0 Å². The van der Waals surface area contributed by atoms with Crippen molar-refractivity contribution in [1.82, 2.24) is 0 Å². The molecule has 0 fully saturated rings. The summed E-state index contributed by atoms with van der Waals surface area (Å²) in [7, 11) is 0. The summed E-state index contributed by atoms with van der Waals surface area (Å²) in [5, 5.41) is 3.33. The molecule has 0 spiro atoms. The van der Waals surface area contributed by atoms with Crippen LogP contribution in [0.1, 0.15) is 5.56 Å². The van der Waals surface area contributed by atoms with Crippen molar-refractivity contribution < 1.29 is 18.3 Å². The summed E-state index contributed by atoms with van der Waals surface area (Å²) in [5.74, 6) is -0.253. The van der Waals surface area contributed by atoms with Crippen molar-refractivity contribution in [1.29, 1.82) is 0 Å². The molecule has 1 heterocycles. The lowest BCUT2D eigenvalue weighted by molar-refractivity contribution is 0.174. The highest BCUT2D eigenvalue weighted by Gasteiger charge is 2.18. The van der Waals surface area contributed by atoms with Gasteiger partial charge in [0, 0.05) is 17.1 Å². The Morgan fingerprint density at radius 1 is 1.19 bits per heavy atom. The SMILES string of the molecule is Fc1cc(F)c(NCc2cc(Cl)c3c(c2)OCO3)c(Br)c1. The van der Waals surface area contributed by atoms with Crippen LogP contribution in [0.5, 0.6) is 11.5 Å². The molecule has 0 atom stereocenters. The molecule has 1 aliphatic heterocycles. The first-order valence-corrected chi connectivity index (χ1v) is 7.18. The van der Waals surface area contributed by atoms with Gasteiger partial charge < -0.3 is 14.8 Å². The predicted octanol–water partition coefficient (Wildman–Crippen LogP) is 4.72. The standard InChI is InChI=1S/C14H9BrClF2NO2/c15-9-3-8(17)4-11(18)13(9)19-5-7-1-10(16)14-12(2-7)20-6-21-14/h1-4,19H,5-6H2. The van der Waals surface area contributed by atoms with Crippen LogP contribution in [-0.2, 0) is 6.54 Å². The Morgan fingerprint density at radius 3 is 2.76 bits per heavy atom. The fourth-order valence-corrected chi connectivity index (χ4v) is 2.86. The molecule has 0 aromatic heterocycles. The first-order chi connectivity index (χ1) is 10.0. The van der Waals surface area contributed by atoms with Crippen LogP contribution in [0.4, 0.5) is 14.5 Å².